The summed E-state index contributed by atoms with van der Waals surface area (Å²) in [6.07, 6.45) is 1.21. The molecule has 2 rings (SSSR count). The van der Waals surface area contributed by atoms with E-state index >= 15 is 0 Å². The summed E-state index contributed by atoms with van der Waals surface area (Å²) in [6, 6.07) is 4.74. The first-order valence-corrected chi connectivity index (χ1v) is 8.03. The summed E-state index contributed by atoms with van der Waals surface area (Å²) in [7, 11) is 2.07. The van der Waals surface area contributed by atoms with Gasteiger partial charge in [0.1, 0.15) is 0 Å². The molecule has 1 aliphatic rings. The molecule has 1 aromatic rings. The Labute approximate surface area is 120 Å². The zero-order chi connectivity index (χ0) is 14.0. The van der Waals surface area contributed by atoms with Crippen LogP contribution in [0.2, 0.25) is 0 Å². The highest BCUT2D eigenvalue weighted by molar-refractivity contribution is 7.99. The Hall–Kier alpha value is -0.800. The molecule has 1 atom stereocenters. The number of Topliss-reactive ketones (excluding diaryl/α,β-unsaturated/α-hetero) is 1. The van der Waals surface area contributed by atoms with Crippen LogP contribution < -0.4 is 0 Å². The number of hydrogen-bond acceptors (Lipinski definition) is 3. The van der Waals surface area contributed by atoms with Gasteiger partial charge in [0.05, 0.1) is 6.54 Å². The van der Waals surface area contributed by atoms with Gasteiger partial charge >= 0.3 is 0 Å². The van der Waals surface area contributed by atoms with Gasteiger partial charge in [0.25, 0.3) is 0 Å². The maximum absolute atomic E-state index is 12.4. The molecular weight excluding hydrogens is 254 g/mol. The van der Waals surface area contributed by atoms with Crippen LogP contribution in [0.5, 0.6) is 0 Å². The van der Waals surface area contributed by atoms with Crippen molar-refractivity contribution in [2.45, 2.75) is 33.2 Å². The van der Waals surface area contributed by atoms with Crippen molar-refractivity contribution < 1.29 is 4.79 Å². The Morgan fingerprint density at radius 1 is 1.26 bits per heavy atom. The molecule has 0 bridgehead atoms. The molecule has 1 saturated heterocycles. The van der Waals surface area contributed by atoms with E-state index in [0.29, 0.717) is 12.6 Å². The number of nitrogens with zero attached hydrogens (tertiary/aromatic N) is 1. The molecule has 3 heteroatoms. The number of rotatable bonds is 4. The Morgan fingerprint density at radius 2 is 1.95 bits per heavy atom. The molecule has 2 nitrogen and oxygen atoms in total. The first kappa shape index (κ1) is 14.6. The van der Waals surface area contributed by atoms with Gasteiger partial charge in [0.2, 0.25) is 0 Å². The van der Waals surface area contributed by atoms with Crippen LogP contribution in [0, 0.1) is 20.8 Å². The maximum atomic E-state index is 12.4. The summed E-state index contributed by atoms with van der Waals surface area (Å²) >= 11 is 1.99. The summed E-state index contributed by atoms with van der Waals surface area (Å²) in [5, 5.41) is 0. The van der Waals surface area contributed by atoms with E-state index in [1.165, 1.54) is 23.3 Å². The zero-order valence-corrected chi connectivity index (χ0v) is 13.1. The van der Waals surface area contributed by atoms with Crippen LogP contribution in [-0.2, 0) is 0 Å². The van der Waals surface area contributed by atoms with Crippen LogP contribution >= 0.6 is 11.8 Å². The van der Waals surface area contributed by atoms with Crippen molar-refractivity contribution in [3.05, 3.63) is 34.4 Å². The van der Waals surface area contributed by atoms with Crippen LogP contribution in [0.15, 0.2) is 12.1 Å². The third-order valence-corrected chi connectivity index (χ3v) is 5.21. The first-order valence-electron chi connectivity index (χ1n) is 6.88. The quantitative estimate of drug-likeness (QED) is 0.788. The number of aryl methyl sites for hydroxylation is 3. The molecule has 0 N–H and O–H groups in total. The van der Waals surface area contributed by atoms with E-state index in [1.54, 1.807) is 0 Å². The molecule has 0 spiro atoms. The molecule has 0 aliphatic carbocycles. The second-order valence-corrected chi connectivity index (χ2v) is 6.76. The Kier molecular flexibility index (Phi) is 4.69. The topological polar surface area (TPSA) is 20.3 Å². The lowest BCUT2D eigenvalue weighted by atomic mass is 9.98. The van der Waals surface area contributed by atoms with E-state index < -0.39 is 0 Å². The Bertz CT molecular complexity index is 478. The molecule has 0 amide bonds. The lowest BCUT2D eigenvalue weighted by Gasteiger charge is -2.23. The summed E-state index contributed by atoms with van der Waals surface area (Å²) in [4.78, 5) is 14.7. The fourth-order valence-electron chi connectivity index (χ4n) is 2.57. The Balaban J connectivity index is 2.09. The molecule has 0 radical (unpaired) electrons. The number of carbonyl (C=O) groups excluding carboxylic acids is 1. The van der Waals surface area contributed by atoms with E-state index in [1.807, 2.05) is 24.8 Å². The molecule has 0 saturated carbocycles. The van der Waals surface area contributed by atoms with Crippen molar-refractivity contribution in [3.63, 3.8) is 0 Å². The van der Waals surface area contributed by atoms with E-state index in [2.05, 4.69) is 31.9 Å². The number of carbonyl (C=O) groups is 1. The molecule has 104 valence electrons. The minimum Gasteiger partial charge on any atom is -0.295 e. The standard InChI is InChI=1S/C16H23NOS/c1-11-7-13(3)15(8-12(11)2)16(18)9-17(4)14-5-6-19-10-14/h7-8,14H,5-6,9-10H2,1-4H3. The number of likely N-dealkylation sites (N-methyl/N-ethyl adjacent to an activating group) is 1. The van der Waals surface area contributed by atoms with E-state index in [0.717, 1.165) is 16.9 Å². The molecular formula is C16H23NOS. The Morgan fingerprint density at radius 3 is 2.58 bits per heavy atom. The van der Waals surface area contributed by atoms with Crippen LogP contribution in [0.25, 0.3) is 0 Å². The lowest BCUT2D eigenvalue weighted by molar-refractivity contribution is 0.0926. The van der Waals surface area contributed by atoms with Gasteiger partial charge in [0.15, 0.2) is 5.78 Å². The fourth-order valence-corrected chi connectivity index (χ4v) is 3.87. The summed E-state index contributed by atoms with van der Waals surface area (Å²) < 4.78 is 0. The predicted octanol–water partition coefficient (Wildman–Crippen LogP) is 3.23. The second-order valence-electron chi connectivity index (χ2n) is 5.61. The van der Waals surface area contributed by atoms with Gasteiger partial charge < -0.3 is 0 Å². The second kappa shape index (κ2) is 6.10. The normalized spacial score (nSPS) is 19.1. The minimum absolute atomic E-state index is 0.250. The zero-order valence-electron chi connectivity index (χ0n) is 12.3. The molecule has 1 fully saturated rings. The average Bonchev–Trinajstić information content (AvgIpc) is 2.87. The highest BCUT2D eigenvalue weighted by Gasteiger charge is 2.22. The smallest absolute Gasteiger partial charge is 0.177 e. The van der Waals surface area contributed by atoms with Crippen molar-refractivity contribution >= 4 is 17.5 Å². The summed E-state index contributed by atoms with van der Waals surface area (Å²) in [6.45, 7) is 6.74. The molecule has 1 unspecified atom stereocenters. The highest BCUT2D eigenvalue weighted by atomic mass is 32.2. The summed E-state index contributed by atoms with van der Waals surface area (Å²) in [5.41, 5.74) is 4.45. The maximum Gasteiger partial charge on any atom is 0.177 e. The van der Waals surface area contributed by atoms with Crippen LogP contribution in [-0.4, -0.2) is 41.8 Å². The third kappa shape index (κ3) is 3.40. The van der Waals surface area contributed by atoms with Crippen molar-refractivity contribution in [2.24, 2.45) is 0 Å². The number of benzene rings is 1. The average molecular weight is 277 g/mol. The first-order chi connectivity index (χ1) is 8.99. The largest absolute Gasteiger partial charge is 0.295 e. The van der Waals surface area contributed by atoms with Crippen LogP contribution in [0.3, 0.4) is 0 Å². The van der Waals surface area contributed by atoms with Crippen LogP contribution in [0.1, 0.15) is 33.5 Å². The van der Waals surface area contributed by atoms with E-state index in [4.69, 9.17) is 0 Å². The fraction of sp³-hybridized carbons (Fsp3) is 0.562. The molecule has 0 aromatic heterocycles. The number of thioether (sulfide) groups is 1. The molecule has 1 aliphatic heterocycles. The molecule has 1 aromatic carbocycles. The van der Waals surface area contributed by atoms with E-state index in [9.17, 15) is 4.79 Å². The number of ketones is 1. The van der Waals surface area contributed by atoms with Gasteiger partial charge in [-0.1, -0.05) is 6.07 Å². The van der Waals surface area contributed by atoms with Crippen molar-refractivity contribution in [3.8, 4) is 0 Å². The van der Waals surface area contributed by atoms with Gasteiger partial charge in [-0.15, -0.1) is 0 Å². The van der Waals surface area contributed by atoms with Gasteiger partial charge in [-0.25, -0.2) is 0 Å². The number of hydrogen-bond donors (Lipinski definition) is 0. The van der Waals surface area contributed by atoms with Crippen molar-refractivity contribution in [2.75, 3.05) is 25.1 Å². The van der Waals surface area contributed by atoms with Crippen LogP contribution in [0.4, 0.5) is 0 Å². The van der Waals surface area contributed by atoms with Gasteiger partial charge in [0, 0.05) is 17.4 Å². The minimum atomic E-state index is 0.250. The highest BCUT2D eigenvalue weighted by Crippen LogP contribution is 2.22. The molecule has 19 heavy (non-hydrogen) atoms. The predicted molar refractivity (Wildman–Crippen MR) is 83.3 cm³/mol. The lowest BCUT2D eigenvalue weighted by Crippen LogP contribution is -2.36. The van der Waals surface area contributed by atoms with Crippen molar-refractivity contribution in [1.29, 1.82) is 0 Å². The molecule has 1 heterocycles. The van der Waals surface area contributed by atoms with Gasteiger partial charge in [-0.05, 0) is 62.7 Å². The van der Waals surface area contributed by atoms with Crippen molar-refractivity contribution in [1.82, 2.24) is 4.90 Å². The third-order valence-electron chi connectivity index (χ3n) is 4.06. The van der Waals surface area contributed by atoms with Gasteiger partial charge in [-0.2, -0.15) is 11.8 Å². The van der Waals surface area contributed by atoms with Gasteiger partial charge in [-0.3, -0.25) is 9.69 Å². The SMILES string of the molecule is Cc1cc(C)c(C(=O)CN(C)C2CCSC2)cc1C. The summed E-state index contributed by atoms with van der Waals surface area (Å²) in [5.74, 6) is 2.64. The monoisotopic (exact) mass is 277 g/mol. The van der Waals surface area contributed by atoms with E-state index in [-0.39, 0.29) is 5.78 Å².